The van der Waals surface area contributed by atoms with Gasteiger partial charge in [-0.3, -0.25) is 0 Å². The van der Waals surface area contributed by atoms with Gasteiger partial charge >= 0.3 is 0 Å². The summed E-state index contributed by atoms with van der Waals surface area (Å²) in [6.07, 6.45) is 0.954. The third kappa shape index (κ3) is 2.55. The van der Waals surface area contributed by atoms with Gasteiger partial charge in [-0.2, -0.15) is 0 Å². The SMILES string of the molecule is CCNc1nc2c(Cl)cc(Br)cc2cc1CC. The first kappa shape index (κ1) is 12.7. The van der Waals surface area contributed by atoms with Crippen LogP contribution < -0.4 is 5.32 Å². The van der Waals surface area contributed by atoms with Crippen molar-refractivity contribution in [3.63, 3.8) is 0 Å². The van der Waals surface area contributed by atoms with Crippen LogP contribution in [0.1, 0.15) is 19.4 Å². The molecule has 0 saturated carbocycles. The van der Waals surface area contributed by atoms with Gasteiger partial charge in [0.1, 0.15) is 5.82 Å². The van der Waals surface area contributed by atoms with E-state index < -0.39 is 0 Å². The van der Waals surface area contributed by atoms with Crippen molar-refractivity contribution in [3.05, 3.63) is 33.3 Å². The molecule has 0 aliphatic carbocycles. The second kappa shape index (κ2) is 5.23. The fraction of sp³-hybridized carbons (Fsp3) is 0.308. The van der Waals surface area contributed by atoms with Crippen molar-refractivity contribution in [2.75, 3.05) is 11.9 Å². The van der Waals surface area contributed by atoms with Gasteiger partial charge in [-0.1, -0.05) is 34.5 Å². The molecule has 0 saturated heterocycles. The lowest BCUT2D eigenvalue weighted by molar-refractivity contribution is 1.08. The minimum Gasteiger partial charge on any atom is -0.370 e. The Balaban J connectivity index is 2.69. The molecule has 17 heavy (non-hydrogen) atoms. The van der Waals surface area contributed by atoms with Gasteiger partial charge in [0.25, 0.3) is 0 Å². The second-order valence-electron chi connectivity index (χ2n) is 3.84. The lowest BCUT2D eigenvalue weighted by atomic mass is 10.1. The summed E-state index contributed by atoms with van der Waals surface area (Å²) in [6.45, 7) is 5.05. The van der Waals surface area contributed by atoms with Gasteiger partial charge < -0.3 is 5.32 Å². The van der Waals surface area contributed by atoms with Gasteiger partial charge in [0.05, 0.1) is 10.5 Å². The third-order valence-electron chi connectivity index (χ3n) is 2.64. The van der Waals surface area contributed by atoms with E-state index in [4.69, 9.17) is 11.6 Å². The van der Waals surface area contributed by atoms with E-state index in [1.54, 1.807) is 0 Å². The number of rotatable bonds is 3. The highest BCUT2D eigenvalue weighted by atomic mass is 79.9. The van der Waals surface area contributed by atoms with E-state index in [0.29, 0.717) is 5.02 Å². The standard InChI is InChI=1S/C13H14BrClN2/c1-3-8-5-9-6-10(14)7-11(15)12(9)17-13(8)16-4-2/h5-7H,3-4H2,1-2H3,(H,16,17). The van der Waals surface area contributed by atoms with Gasteiger partial charge in [0, 0.05) is 16.4 Å². The molecule has 0 atom stereocenters. The summed E-state index contributed by atoms with van der Waals surface area (Å²) in [5, 5.41) is 5.03. The number of fused-ring (bicyclic) bond motifs is 1. The first-order valence-electron chi connectivity index (χ1n) is 5.68. The summed E-state index contributed by atoms with van der Waals surface area (Å²) in [7, 11) is 0. The minimum absolute atomic E-state index is 0.677. The van der Waals surface area contributed by atoms with Crippen LogP contribution in [0, 0.1) is 0 Å². The van der Waals surface area contributed by atoms with Crippen molar-refractivity contribution in [2.45, 2.75) is 20.3 Å². The molecular formula is C13H14BrClN2. The molecule has 90 valence electrons. The van der Waals surface area contributed by atoms with E-state index in [1.807, 2.05) is 12.1 Å². The third-order valence-corrected chi connectivity index (χ3v) is 3.39. The van der Waals surface area contributed by atoms with Crippen LogP contribution in [0.25, 0.3) is 10.9 Å². The molecule has 1 aromatic carbocycles. The van der Waals surface area contributed by atoms with Crippen LogP contribution in [-0.4, -0.2) is 11.5 Å². The number of aromatic nitrogens is 1. The number of pyridine rings is 1. The molecule has 2 rings (SSSR count). The number of aryl methyl sites for hydroxylation is 1. The number of benzene rings is 1. The number of halogens is 2. The lowest BCUT2D eigenvalue weighted by Gasteiger charge is -2.11. The molecule has 0 fully saturated rings. The summed E-state index contributed by atoms with van der Waals surface area (Å²) in [6, 6.07) is 6.07. The Hall–Kier alpha value is -0.800. The van der Waals surface area contributed by atoms with E-state index in [2.05, 4.69) is 46.1 Å². The van der Waals surface area contributed by atoms with Gasteiger partial charge in [0.15, 0.2) is 0 Å². The second-order valence-corrected chi connectivity index (χ2v) is 5.16. The first-order chi connectivity index (χ1) is 8.15. The Morgan fingerprint density at radius 1 is 1.29 bits per heavy atom. The molecule has 0 aliphatic rings. The average molecular weight is 314 g/mol. The smallest absolute Gasteiger partial charge is 0.129 e. The van der Waals surface area contributed by atoms with Crippen LogP contribution in [0.3, 0.4) is 0 Å². The van der Waals surface area contributed by atoms with Crippen LogP contribution in [0.2, 0.25) is 5.02 Å². The van der Waals surface area contributed by atoms with Crippen molar-refractivity contribution in [3.8, 4) is 0 Å². The van der Waals surface area contributed by atoms with Gasteiger partial charge in [-0.25, -0.2) is 4.98 Å². The van der Waals surface area contributed by atoms with Gasteiger partial charge in [-0.05, 0) is 37.1 Å². The topological polar surface area (TPSA) is 24.9 Å². The Labute approximate surface area is 115 Å². The molecule has 0 spiro atoms. The molecule has 0 aliphatic heterocycles. The first-order valence-corrected chi connectivity index (χ1v) is 6.85. The Bertz CT molecular complexity index is 555. The van der Waals surface area contributed by atoms with Crippen LogP contribution >= 0.6 is 27.5 Å². The van der Waals surface area contributed by atoms with E-state index in [1.165, 1.54) is 5.56 Å². The minimum atomic E-state index is 0.677. The van der Waals surface area contributed by atoms with E-state index in [-0.39, 0.29) is 0 Å². The zero-order valence-electron chi connectivity index (χ0n) is 9.85. The Kier molecular flexibility index (Phi) is 3.89. The van der Waals surface area contributed by atoms with Crippen LogP contribution in [-0.2, 0) is 6.42 Å². The number of nitrogens with zero attached hydrogens (tertiary/aromatic N) is 1. The van der Waals surface area contributed by atoms with Crippen LogP contribution in [0.5, 0.6) is 0 Å². The van der Waals surface area contributed by atoms with Crippen molar-refractivity contribution in [2.24, 2.45) is 0 Å². The molecule has 1 heterocycles. The maximum atomic E-state index is 6.21. The Morgan fingerprint density at radius 3 is 2.71 bits per heavy atom. The maximum Gasteiger partial charge on any atom is 0.129 e. The van der Waals surface area contributed by atoms with Crippen molar-refractivity contribution in [1.29, 1.82) is 0 Å². The van der Waals surface area contributed by atoms with Crippen LogP contribution in [0.4, 0.5) is 5.82 Å². The maximum absolute atomic E-state index is 6.21. The molecule has 4 heteroatoms. The zero-order chi connectivity index (χ0) is 12.4. The van der Waals surface area contributed by atoms with E-state index >= 15 is 0 Å². The molecule has 1 aromatic heterocycles. The Morgan fingerprint density at radius 2 is 2.06 bits per heavy atom. The largest absolute Gasteiger partial charge is 0.370 e. The zero-order valence-corrected chi connectivity index (χ0v) is 12.2. The fourth-order valence-corrected chi connectivity index (χ4v) is 2.72. The number of hydrogen-bond donors (Lipinski definition) is 1. The molecule has 0 unspecified atom stereocenters. The highest BCUT2D eigenvalue weighted by molar-refractivity contribution is 9.10. The van der Waals surface area contributed by atoms with E-state index in [0.717, 1.165) is 34.2 Å². The molecule has 0 bridgehead atoms. The average Bonchev–Trinajstić information content (AvgIpc) is 2.29. The highest BCUT2D eigenvalue weighted by Crippen LogP contribution is 2.29. The predicted octanol–water partition coefficient (Wildman–Crippen LogP) is 4.64. The summed E-state index contributed by atoms with van der Waals surface area (Å²) >= 11 is 9.66. The molecular weight excluding hydrogens is 300 g/mol. The number of hydrogen-bond acceptors (Lipinski definition) is 2. The summed E-state index contributed by atoms with van der Waals surface area (Å²) in [4.78, 5) is 4.61. The molecule has 1 N–H and O–H groups in total. The van der Waals surface area contributed by atoms with Crippen LogP contribution in [0.15, 0.2) is 22.7 Å². The molecule has 2 nitrogen and oxygen atoms in total. The van der Waals surface area contributed by atoms with Crippen molar-refractivity contribution >= 4 is 44.3 Å². The molecule has 0 radical (unpaired) electrons. The normalized spacial score (nSPS) is 10.8. The van der Waals surface area contributed by atoms with Gasteiger partial charge in [-0.15, -0.1) is 0 Å². The monoisotopic (exact) mass is 312 g/mol. The van der Waals surface area contributed by atoms with Crippen molar-refractivity contribution < 1.29 is 0 Å². The van der Waals surface area contributed by atoms with E-state index in [9.17, 15) is 0 Å². The lowest BCUT2D eigenvalue weighted by Crippen LogP contribution is -2.03. The quantitative estimate of drug-likeness (QED) is 0.892. The van der Waals surface area contributed by atoms with Crippen molar-refractivity contribution in [1.82, 2.24) is 4.98 Å². The summed E-state index contributed by atoms with van der Waals surface area (Å²) in [5.74, 6) is 0.937. The fourth-order valence-electron chi connectivity index (χ4n) is 1.84. The molecule has 2 aromatic rings. The number of anilines is 1. The summed E-state index contributed by atoms with van der Waals surface area (Å²) in [5.41, 5.74) is 2.07. The highest BCUT2D eigenvalue weighted by Gasteiger charge is 2.08. The van der Waals surface area contributed by atoms with Gasteiger partial charge in [0.2, 0.25) is 0 Å². The molecule has 0 amide bonds. The predicted molar refractivity (Wildman–Crippen MR) is 78.0 cm³/mol. The summed E-state index contributed by atoms with van der Waals surface area (Å²) < 4.78 is 0.982. The number of nitrogens with one attached hydrogen (secondary N) is 1.